The molecule has 0 bridgehead atoms. The van der Waals surface area contributed by atoms with E-state index in [9.17, 15) is 0 Å². The molecule has 0 N–H and O–H groups in total. The van der Waals surface area contributed by atoms with Crippen LogP contribution in [-0.2, 0) is 0 Å². The van der Waals surface area contributed by atoms with E-state index in [1.54, 1.807) is 0 Å². The van der Waals surface area contributed by atoms with Gasteiger partial charge in [0.25, 0.3) is 0 Å². The third kappa shape index (κ3) is 4.47. The van der Waals surface area contributed by atoms with Gasteiger partial charge in [0.05, 0.1) is 0 Å². The number of aromatic nitrogens is 1. The zero-order valence-electron chi connectivity index (χ0n) is 15.8. The van der Waals surface area contributed by atoms with Crippen molar-refractivity contribution >= 4 is 5.82 Å². The van der Waals surface area contributed by atoms with Crippen LogP contribution in [0.25, 0.3) is 0 Å². The minimum absolute atomic E-state index is 0.469. The maximum atomic E-state index is 4.81. The summed E-state index contributed by atoms with van der Waals surface area (Å²) in [5, 5.41) is 0. The molecule has 1 atom stereocenters. The zero-order valence-corrected chi connectivity index (χ0v) is 15.8. The largest absolute Gasteiger partial charge is 0.351 e. The van der Waals surface area contributed by atoms with Gasteiger partial charge < -0.3 is 4.90 Å². The van der Waals surface area contributed by atoms with Crippen molar-refractivity contribution in [2.75, 3.05) is 18.0 Å². The second kappa shape index (κ2) is 8.68. The summed E-state index contributed by atoms with van der Waals surface area (Å²) in [7, 11) is 0. The predicted octanol–water partition coefficient (Wildman–Crippen LogP) is 5.03. The first-order chi connectivity index (χ1) is 11.1. The fourth-order valence-corrected chi connectivity index (χ4v) is 3.94. The number of nitrogens with zero attached hydrogens (tertiary/aromatic N) is 3. The Balaban J connectivity index is 2.33. The SMILES string of the molecule is CCCCN1CCCCC1c1cccnc1N(C(C)C)C(C)C. The number of anilines is 1. The first kappa shape index (κ1) is 18.3. The van der Waals surface area contributed by atoms with Crippen molar-refractivity contribution in [1.29, 1.82) is 0 Å². The molecule has 0 aliphatic carbocycles. The molecule has 1 aromatic rings. The topological polar surface area (TPSA) is 19.4 Å². The highest BCUT2D eigenvalue weighted by atomic mass is 15.2. The van der Waals surface area contributed by atoms with Gasteiger partial charge in [0.2, 0.25) is 0 Å². The van der Waals surface area contributed by atoms with E-state index in [1.165, 1.54) is 56.6 Å². The lowest BCUT2D eigenvalue weighted by Gasteiger charge is -2.40. The average Bonchev–Trinajstić information content (AvgIpc) is 2.53. The molecular formula is C20H35N3. The molecule has 0 spiro atoms. The Kier molecular flexibility index (Phi) is 6.88. The minimum Gasteiger partial charge on any atom is -0.351 e. The molecule has 0 aromatic carbocycles. The number of hydrogen-bond donors (Lipinski definition) is 0. The van der Waals surface area contributed by atoms with Gasteiger partial charge in [-0.1, -0.05) is 25.8 Å². The van der Waals surface area contributed by atoms with E-state index in [2.05, 4.69) is 56.6 Å². The van der Waals surface area contributed by atoms with Crippen LogP contribution in [0.4, 0.5) is 5.82 Å². The van der Waals surface area contributed by atoms with E-state index < -0.39 is 0 Å². The summed E-state index contributed by atoms with van der Waals surface area (Å²) < 4.78 is 0. The van der Waals surface area contributed by atoms with E-state index in [-0.39, 0.29) is 0 Å². The first-order valence-corrected chi connectivity index (χ1v) is 9.53. The number of hydrogen-bond acceptors (Lipinski definition) is 3. The predicted molar refractivity (Wildman–Crippen MR) is 100 cm³/mol. The molecule has 1 saturated heterocycles. The molecule has 3 heteroatoms. The Labute approximate surface area is 143 Å². The molecule has 1 aliphatic rings. The van der Waals surface area contributed by atoms with Crippen LogP contribution < -0.4 is 4.90 Å². The second-order valence-corrected chi connectivity index (χ2v) is 7.41. The quantitative estimate of drug-likeness (QED) is 0.703. The monoisotopic (exact) mass is 317 g/mol. The third-order valence-electron chi connectivity index (χ3n) is 4.95. The lowest BCUT2D eigenvalue weighted by atomic mass is 9.94. The normalized spacial score (nSPS) is 19.5. The van der Waals surface area contributed by atoms with Crippen molar-refractivity contribution in [2.45, 2.75) is 84.8 Å². The van der Waals surface area contributed by atoms with Crippen molar-refractivity contribution in [3.63, 3.8) is 0 Å². The highest BCUT2D eigenvalue weighted by molar-refractivity contribution is 5.50. The number of rotatable bonds is 7. The van der Waals surface area contributed by atoms with Gasteiger partial charge in [-0.2, -0.15) is 0 Å². The summed E-state index contributed by atoms with van der Waals surface area (Å²) >= 11 is 0. The standard InChI is InChI=1S/C20H35N3/c1-6-7-14-22-15-9-8-12-19(22)18-11-10-13-21-20(18)23(16(2)3)17(4)5/h10-11,13,16-17,19H,6-9,12,14-15H2,1-5H3. The lowest BCUT2D eigenvalue weighted by molar-refractivity contribution is 0.146. The van der Waals surface area contributed by atoms with Crippen molar-refractivity contribution in [3.8, 4) is 0 Å². The van der Waals surface area contributed by atoms with Crippen LogP contribution in [0.5, 0.6) is 0 Å². The average molecular weight is 318 g/mol. The van der Waals surface area contributed by atoms with Crippen molar-refractivity contribution in [3.05, 3.63) is 23.9 Å². The molecule has 1 aliphatic heterocycles. The third-order valence-corrected chi connectivity index (χ3v) is 4.95. The summed E-state index contributed by atoms with van der Waals surface area (Å²) in [5.74, 6) is 1.20. The molecule has 2 rings (SSSR count). The van der Waals surface area contributed by atoms with Gasteiger partial charge in [-0.05, 0) is 66.1 Å². The van der Waals surface area contributed by atoms with E-state index in [4.69, 9.17) is 4.98 Å². The highest BCUT2D eigenvalue weighted by Gasteiger charge is 2.28. The summed E-state index contributed by atoms with van der Waals surface area (Å²) in [4.78, 5) is 9.99. The number of likely N-dealkylation sites (tertiary alicyclic amines) is 1. The van der Waals surface area contributed by atoms with E-state index in [0.717, 1.165) is 0 Å². The van der Waals surface area contributed by atoms with E-state index >= 15 is 0 Å². The molecule has 130 valence electrons. The van der Waals surface area contributed by atoms with Gasteiger partial charge >= 0.3 is 0 Å². The van der Waals surface area contributed by atoms with Gasteiger partial charge in [0, 0.05) is 29.9 Å². The maximum Gasteiger partial charge on any atom is 0.133 e. The second-order valence-electron chi connectivity index (χ2n) is 7.41. The highest BCUT2D eigenvalue weighted by Crippen LogP contribution is 2.36. The molecule has 0 saturated carbocycles. The molecule has 1 aromatic heterocycles. The molecule has 0 amide bonds. The summed E-state index contributed by atoms with van der Waals surface area (Å²) in [6.07, 6.45) is 8.47. The van der Waals surface area contributed by atoms with E-state index in [1.807, 2.05) is 6.20 Å². The molecular weight excluding hydrogens is 282 g/mol. The Morgan fingerprint density at radius 2 is 1.96 bits per heavy atom. The molecule has 1 unspecified atom stereocenters. The summed E-state index contributed by atoms with van der Waals surface area (Å²) in [6, 6.07) is 5.91. The van der Waals surface area contributed by atoms with Gasteiger partial charge in [0.1, 0.15) is 5.82 Å². The zero-order chi connectivity index (χ0) is 16.8. The maximum absolute atomic E-state index is 4.81. The summed E-state index contributed by atoms with van der Waals surface area (Å²) in [5.41, 5.74) is 1.44. The van der Waals surface area contributed by atoms with Crippen molar-refractivity contribution in [1.82, 2.24) is 9.88 Å². The first-order valence-electron chi connectivity index (χ1n) is 9.53. The van der Waals surface area contributed by atoms with Gasteiger partial charge in [-0.3, -0.25) is 4.90 Å². The van der Waals surface area contributed by atoms with Gasteiger partial charge in [-0.25, -0.2) is 4.98 Å². The Morgan fingerprint density at radius 1 is 1.22 bits per heavy atom. The molecule has 1 fully saturated rings. The Bertz CT molecular complexity index is 462. The number of unbranched alkanes of at least 4 members (excludes halogenated alkanes) is 1. The number of piperidine rings is 1. The van der Waals surface area contributed by atoms with Crippen LogP contribution in [0.2, 0.25) is 0 Å². The summed E-state index contributed by atoms with van der Waals surface area (Å²) in [6.45, 7) is 13.8. The minimum atomic E-state index is 0.469. The molecule has 2 heterocycles. The van der Waals surface area contributed by atoms with Crippen LogP contribution in [0.3, 0.4) is 0 Å². The van der Waals surface area contributed by atoms with Crippen LogP contribution in [0.15, 0.2) is 18.3 Å². The van der Waals surface area contributed by atoms with E-state index in [0.29, 0.717) is 18.1 Å². The fraction of sp³-hybridized carbons (Fsp3) is 0.750. The lowest BCUT2D eigenvalue weighted by Crippen LogP contribution is -2.40. The van der Waals surface area contributed by atoms with Crippen LogP contribution in [-0.4, -0.2) is 35.1 Å². The Morgan fingerprint density at radius 3 is 2.61 bits per heavy atom. The molecule has 3 nitrogen and oxygen atoms in total. The van der Waals surface area contributed by atoms with Crippen molar-refractivity contribution in [2.24, 2.45) is 0 Å². The van der Waals surface area contributed by atoms with Gasteiger partial charge in [0.15, 0.2) is 0 Å². The number of pyridine rings is 1. The smallest absolute Gasteiger partial charge is 0.133 e. The Hall–Kier alpha value is -1.09. The van der Waals surface area contributed by atoms with Crippen molar-refractivity contribution < 1.29 is 0 Å². The molecule has 23 heavy (non-hydrogen) atoms. The van der Waals surface area contributed by atoms with Crippen LogP contribution in [0.1, 0.15) is 78.3 Å². The molecule has 0 radical (unpaired) electrons. The van der Waals surface area contributed by atoms with Crippen LogP contribution in [0, 0.1) is 0 Å². The van der Waals surface area contributed by atoms with Gasteiger partial charge in [-0.15, -0.1) is 0 Å². The fourth-order valence-electron chi connectivity index (χ4n) is 3.94. The van der Waals surface area contributed by atoms with Crippen LogP contribution >= 0.6 is 0 Å².